The van der Waals surface area contributed by atoms with Gasteiger partial charge in [0, 0.05) is 11.0 Å². The number of carbonyl (C=O) groups excluding carboxylic acids is 2. The van der Waals surface area contributed by atoms with E-state index in [1.807, 2.05) is 0 Å². The Balaban J connectivity index is 1.55. The van der Waals surface area contributed by atoms with Crippen LogP contribution in [-0.2, 0) is 19.2 Å². The van der Waals surface area contributed by atoms with Gasteiger partial charge in [-0.2, -0.15) is 5.21 Å². The van der Waals surface area contributed by atoms with Crippen molar-refractivity contribution in [1.29, 1.82) is 0 Å². The molecule has 0 radical (unpaired) electrons. The van der Waals surface area contributed by atoms with E-state index in [9.17, 15) is 19.5 Å². The van der Waals surface area contributed by atoms with Crippen LogP contribution in [0.15, 0.2) is 44.4 Å². The van der Waals surface area contributed by atoms with Crippen LogP contribution in [0.5, 0.6) is 0 Å². The largest absolute Gasteiger partial charge is 0.477 e. The first-order valence-electron chi connectivity index (χ1n) is 10.5. The summed E-state index contributed by atoms with van der Waals surface area (Å²) in [6.45, 7) is 2.23. The minimum Gasteiger partial charge on any atom is -0.477 e. The first kappa shape index (κ1) is 24.7. The first-order chi connectivity index (χ1) is 17.0. The van der Waals surface area contributed by atoms with Crippen molar-refractivity contribution in [2.45, 2.75) is 35.2 Å². The normalized spacial score (nSPS) is 20.8. The van der Waals surface area contributed by atoms with E-state index in [1.165, 1.54) is 40.8 Å². The van der Waals surface area contributed by atoms with E-state index in [2.05, 4.69) is 31.1 Å². The zero-order chi connectivity index (χ0) is 24.9. The molecule has 1 fully saturated rings. The number of rotatable bonds is 11. The molecule has 4 heterocycles. The van der Waals surface area contributed by atoms with E-state index in [1.54, 1.807) is 13.0 Å². The zero-order valence-electron chi connectivity index (χ0n) is 18.4. The number of furan rings is 1. The van der Waals surface area contributed by atoms with Gasteiger partial charge >= 0.3 is 5.97 Å². The van der Waals surface area contributed by atoms with Crippen LogP contribution in [0.3, 0.4) is 0 Å². The summed E-state index contributed by atoms with van der Waals surface area (Å²) < 4.78 is 5.25. The Hall–Kier alpha value is -3.37. The van der Waals surface area contributed by atoms with E-state index in [0.29, 0.717) is 29.4 Å². The van der Waals surface area contributed by atoms with Gasteiger partial charge in [-0.25, -0.2) is 4.79 Å². The molecule has 186 valence electrons. The predicted octanol–water partition coefficient (Wildman–Crippen LogP) is -0.218. The summed E-state index contributed by atoms with van der Waals surface area (Å²) in [6, 6.07) is 2.19. The van der Waals surface area contributed by atoms with E-state index in [4.69, 9.17) is 15.0 Å². The van der Waals surface area contributed by atoms with Crippen molar-refractivity contribution in [2.24, 2.45) is 10.9 Å². The Morgan fingerprint density at radius 1 is 1.54 bits per heavy atom. The number of H-pyrrole nitrogens is 1. The fraction of sp³-hybridized carbons (Fsp3) is 0.421. The quantitative estimate of drug-likeness (QED) is 0.131. The zero-order valence-corrected chi connectivity index (χ0v) is 20.0. The lowest BCUT2D eigenvalue weighted by atomic mass is 10.00. The minimum atomic E-state index is -1.24. The third kappa shape index (κ3) is 5.03. The van der Waals surface area contributed by atoms with Crippen molar-refractivity contribution < 1.29 is 28.7 Å². The molecule has 0 saturated carbocycles. The molecule has 35 heavy (non-hydrogen) atoms. The number of thioether (sulfide) groups is 2. The van der Waals surface area contributed by atoms with Gasteiger partial charge in [-0.1, -0.05) is 16.9 Å². The van der Waals surface area contributed by atoms with Gasteiger partial charge in [-0.15, -0.1) is 22.0 Å². The van der Waals surface area contributed by atoms with Crippen molar-refractivity contribution in [1.82, 2.24) is 30.8 Å². The maximum Gasteiger partial charge on any atom is 0.352 e. The number of carboxylic acids is 1. The Kier molecular flexibility index (Phi) is 7.72. The summed E-state index contributed by atoms with van der Waals surface area (Å²) in [7, 11) is 0. The van der Waals surface area contributed by atoms with Crippen molar-refractivity contribution in [3.05, 3.63) is 35.4 Å². The number of aliphatic carboxylic acids is 1. The molecule has 2 aromatic heterocycles. The van der Waals surface area contributed by atoms with Gasteiger partial charge in [0.05, 0.1) is 6.26 Å². The Bertz CT molecular complexity index is 1140. The number of hydrogen-bond acceptors (Lipinski definition) is 12. The highest BCUT2D eigenvalue weighted by Gasteiger charge is 2.55. The molecule has 2 aliphatic rings. The maximum atomic E-state index is 13.0. The van der Waals surface area contributed by atoms with E-state index in [-0.39, 0.29) is 29.0 Å². The lowest BCUT2D eigenvalue weighted by Gasteiger charge is -2.50. The van der Waals surface area contributed by atoms with Crippen LogP contribution in [0.2, 0.25) is 0 Å². The molecule has 1 saturated heterocycles. The fourth-order valence-electron chi connectivity index (χ4n) is 3.63. The molecule has 4 rings (SSSR count). The van der Waals surface area contributed by atoms with Gasteiger partial charge in [-0.05, 0) is 42.8 Å². The number of nitrogens with two attached hydrogens (primary N) is 1. The van der Waals surface area contributed by atoms with Gasteiger partial charge < -0.3 is 25.4 Å². The van der Waals surface area contributed by atoms with E-state index < -0.39 is 29.2 Å². The number of nitrogens with zero attached hydrogens (tertiary/aromatic N) is 5. The highest BCUT2D eigenvalue weighted by atomic mass is 32.2. The second kappa shape index (κ2) is 10.9. The topological polar surface area (TPSA) is 202 Å². The predicted molar refractivity (Wildman–Crippen MR) is 124 cm³/mol. The van der Waals surface area contributed by atoms with Crippen LogP contribution in [0.1, 0.15) is 19.1 Å². The molecule has 0 spiro atoms. The summed E-state index contributed by atoms with van der Waals surface area (Å²) in [5.41, 5.74) is 6.05. The SMILES string of the molecule is CCON=C(C(=O)NC1C(=O)N2C(C(=O)O)=C(C(CCN)Sc3nn[nH]n3)CS[C@@H]12)c1ccco1. The molecule has 14 nitrogen and oxygen atoms in total. The van der Waals surface area contributed by atoms with Gasteiger partial charge in [0.15, 0.2) is 5.76 Å². The summed E-state index contributed by atoms with van der Waals surface area (Å²) in [5, 5.41) is 29.5. The van der Waals surface area contributed by atoms with Gasteiger partial charge in [0.1, 0.15) is 23.7 Å². The third-order valence-electron chi connectivity index (χ3n) is 5.13. The first-order valence-corrected chi connectivity index (χ1v) is 12.4. The van der Waals surface area contributed by atoms with Crippen LogP contribution in [0, 0.1) is 0 Å². The second-order valence-corrected chi connectivity index (χ2v) is 9.53. The molecule has 3 atom stereocenters. The summed E-state index contributed by atoms with van der Waals surface area (Å²) in [4.78, 5) is 44.4. The van der Waals surface area contributed by atoms with Gasteiger partial charge in [-0.3, -0.25) is 14.5 Å². The van der Waals surface area contributed by atoms with Gasteiger partial charge in [0.2, 0.25) is 10.9 Å². The molecule has 2 amide bonds. The monoisotopic (exact) mass is 522 g/mol. The van der Waals surface area contributed by atoms with Crippen LogP contribution < -0.4 is 11.1 Å². The molecule has 2 aliphatic heterocycles. The molecule has 0 aliphatic carbocycles. The van der Waals surface area contributed by atoms with Crippen molar-refractivity contribution in [2.75, 3.05) is 18.9 Å². The Morgan fingerprint density at radius 2 is 2.37 bits per heavy atom. The molecule has 5 N–H and O–H groups in total. The highest BCUT2D eigenvalue weighted by molar-refractivity contribution is 8.01. The molecule has 0 bridgehead atoms. The summed E-state index contributed by atoms with van der Waals surface area (Å²) >= 11 is 2.57. The average Bonchev–Trinajstić information content (AvgIpc) is 3.56. The molecule has 16 heteroatoms. The van der Waals surface area contributed by atoms with E-state index in [0.717, 1.165) is 0 Å². The standard InChI is InChI=1S/C19H22N8O6S2/c1-2-33-24-12(10-4-3-7-32-10)15(28)21-13-16(29)27-14(18(30)31)9(8-34-17(13)27)11(5-6-20)35-19-22-25-26-23-19/h3-4,7,11,13,17H,2,5-6,8,20H2,1H3,(H,21,28)(H,30,31)(H,22,23,25,26)/t11?,13?,17-/m0/s1. The smallest absolute Gasteiger partial charge is 0.352 e. The number of tetrazole rings is 1. The van der Waals surface area contributed by atoms with Crippen molar-refractivity contribution in [3.63, 3.8) is 0 Å². The highest BCUT2D eigenvalue weighted by Crippen LogP contribution is 2.44. The number of amides is 2. The fourth-order valence-corrected chi connectivity index (χ4v) is 6.18. The number of carbonyl (C=O) groups is 3. The molecular weight excluding hydrogens is 500 g/mol. The number of oxime groups is 1. The third-order valence-corrected chi connectivity index (χ3v) is 7.62. The molecule has 0 aromatic carbocycles. The van der Waals surface area contributed by atoms with Crippen molar-refractivity contribution in [3.8, 4) is 0 Å². The van der Waals surface area contributed by atoms with Crippen LogP contribution in [-0.4, -0.2) is 89.7 Å². The van der Waals surface area contributed by atoms with Crippen LogP contribution in [0.25, 0.3) is 0 Å². The average molecular weight is 523 g/mol. The lowest BCUT2D eigenvalue weighted by Crippen LogP contribution is -2.71. The van der Waals surface area contributed by atoms with E-state index >= 15 is 0 Å². The molecule has 2 unspecified atom stereocenters. The number of β-lactam (4-membered cyclic amide) rings is 1. The second-order valence-electron chi connectivity index (χ2n) is 7.25. The Labute approximate surface area is 207 Å². The number of aromatic nitrogens is 4. The molecular formula is C19H22N8O6S2. The Morgan fingerprint density at radius 3 is 3.00 bits per heavy atom. The van der Waals surface area contributed by atoms with Gasteiger partial charge in [0.25, 0.3) is 11.8 Å². The number of hydrogen-bond donors (Lipinski definition) is 4. The number of carboxylic acid groups (broad SMARTS) is 1. The maximum absolute atomic E-state index is 13.0. The number of nitrogens with one attached hydrogen (secondary N) is 2. The minimum absolute atomic E-state index is 0.118. The van der Waals surface area contributed by atoms with Crippen LogP contribution >= 0.6 is 23.5 Å². The molecule has 2 aromatic rings. The summed E-state index contributed by atoms with van der Waals surface area (Å²) in [5.74, 6) is -1.97. The lowest BCUT2D eigenvalue weighted by molar-refractivity contribution is -0.150. The van der Waals surface area contributed by atoms with Crippen LogP contribution in [0.4, 0.5) is 0 Å². The number of aromatic amines is 1. The summed E-state index contributed by atoms with van der Waals surface area (Å²) in [6.07, 6.45) is 1.83. The van der Waals surface area contributed by atoms with Crippen molar-refractivity contribution >= 4 is 47.0 Å². The number of fused-ring (bicyclic) bond motifs is 1.